The molecule has 5 nitrogen and oxygen atoms in total. The zero-order valence-corrected chi connectivity index (χ0v) is 14.7. The van der Waals surface area contributed by atoms with Crippen LogP contribution in [0.1, 0.15) is 52.8 Å². The lowest BCUT2D eigenvalue weighted by molar-refractivity contribution is -0.199. The second-order valence-corrected chi connectivity index (χ2v) is 7.90. The molecular weight excluding hydrogens is 290 g/mol. The summed E-state index contributed by atoms with van der Waals surface area (Å²) >= 11 is 0. The first-order valence-corrected chi connectivity index (χ1v) is 8.75. The van der Waals surface area contributed by atoms with Crippen LogP contribution >= 0.6 is 0 Å². The predicted octanol–water partition coefficient (Wildman–Crippen LogP) is 2.53. The van der Waals surface area contributed by atoms with Crippen LogP contribution in [0.15, 0.2) is 12.3 Å². The molecule has 3 rings (SSSR count). The molecule has 128 valence electrons. The topological polar surface area (TPSA) is 58.5 Å². The highest BCUT2D eigenvalue weighted by Gasteiger charge is 2.56. The maximum atomic E-state index is 10.3. The first kappa shape index (κ1) is 16.7. The summed E-state index contributed by atoms with van der Waals surface area (Å²) < 4.78 is 5.84. The van der Waals surface area contributed by atoms with Crippen molar-refractivity contribution in [2.24, 2.45) is 5.41 Å². The van der Waals surface area contributed by atoms with Gasteiger partial charge in [0.15, 0.2) is 0 Å². The fourth-order valence-electron chi connectivity index (χ4n) is 3.86. The van der Waals surface area contributed by atoms with E-state index >= 15 is 0 Å². The number of nitrogens with zero attached hydrogens (tertiary/aromatic N) is 3. The van der Waals surface area contributed by atoms with Crippen molar-refractivity contribution in [2.75, 3.05) is 24.6 Å². The van der Waals surface area contributed by atoms with Crippen molar-refractivity contribution in [3.8, 4) is 0 Å². The van der Waals surface area contributed by atoms with Crippen LogP contribution in [0.3, 0.4) is 0 Å². The van der Waals surface area contributed by atoms with Gasteiger partial charge in [0, 0.05) is 43.1 Å². The second kappa shape index (κ2) is 6.02. The molecule has 2 fully saturated rings. The van der Waals surface area contributed by atoms with Crippen molar-refractivity contribution in [3.63, 3.8) is 0 Å². The molecule has 2 atom stereocenters. The molecule has 1 N–H and O–H groups in total. The SMILES string of the molecule is CCO[C@@H]1C[C@@H](O)C12CCN(c1ccnc(C(C)(C)C)n1)CC2. The summed E-state index contributed by atoms with van der Waals surface area (Å²) in [5, 5.41) is 10.3. The van der Waals surface area contributed by atoms with Crippen LogP contribution in [-0.4, -0.2) is 47.0 Å². The third-order valence-corrected chi connectivity index (χ3v) is 5.44. The standard InChI is InChI=1S/C18H29N3O2/c1-5-23-14-12-13(22)18(14)7-10-21(11-8-18)15-6-9-19-16(20-15)17(2,3)4/h6,9,13-14,22H,5,7-8,10-12H2,1-4H3/t13-,14-/m1/s1. The average Bonchev–Trinajstić information content (AvgIpc) is 2.54. The van der Waals surface area contributed by atoms with Gasteiger partial charge in [0.2, 0.25) is 0 Å². The van der Waals surface area contributed by atoms with Gasteiger partial charge < -0.3 is 14.7 Å². The molecule has 0 bridgehead atoms. The van der Waals surface area contributed by atoms with Gasteiger partial charge in [0.25, 0.3) is 0 Å². The molecule has 1 aliphatic heterocycles. The predicted molar refractivity (Wildman–Crippen MR) is 90.6 cm³/mol. The molecule has 1 aromatic rings. The lowest BCUT2D eigenvalue weighted by atomic mass is 9.58. The van der Waals surface area contributed by atoms with E-state index in [9.17, 15) is 5.11 Å². The van der Waals surface area contributed by atoms with Crippen LogP contribution in [0.25, 0.3) is 0 Å². The number of ether oxygens (including phenoxy) is 1. The summed E-state index contributed by atoms with van der Waals surface area (Å²) in [4.78, 5) is 11.5. The van der Waals surface area contributed by atoms with Crippen molar-refractivity contribution in [1.29, 1.82) is 0 Å². The number of hydrogen-bond donors (Lipinski definition) is 1. The summed E-state index contributed by atoms with van der Waals surface area (Å²) in [6.45, 7) is 11.0. The fourth-order valence-corrected chi connectivity index (χ4v) is 3.86. The van der Waals surface area contributed by atoms with Crippen LogP contribution in [0.2, 0.25) is 0 Å². The third kappa shape index (κ3) is 2.96. The molecule has 1 saturated carbocycles. The third-order valence-electron chi connectivity index (χ3n) is 5.44. The molecule has 1 saturated heterocycles. The Balaban J connectivity index is 1.70. The highest BCUT2D eigenvalue weighted by atomic mass is 16.5. The average molecular weight is 319 g/mol. The number of hydrogen-bond acceptors (Lipinski definition) is 5. The number of aliphatic hydroxyl groups is 1. The minimum absolute atomic E-state index is 0.0353. The number of anilines is 1. The Kier molecular flexibility index (Phi) is 4.36. The maximum absolute atomic E-state index is 10.3. The molecule has 2 heterocycles. The quantitative estimate of drug-likeness (QED) is 0.928. The van der Waals surface area contributed by atoms with Crippen LogP contribution in [0.5, 0.6) is 0 Å². The molecule has 0 unspecified atom stereocenters. The molecule has 5 heteroatoms. The summed E-state index contributed by atoms with van der Waals surface area (Å²) in [6, 6.07) is 1.99. The smallest absolute Gasteiger partial charge is 0.135 e. The van der Waals surface area contributed by atoms with E-state index in [0.29, 0.717) is 0 Å². The molecular formula is C18H29N3O2. The van der Waals surface area contributed by atoms with Gasteiger partial charge in [-0.2, -0.15) is 0 Å². The molecule has 0 radical (unpaired) electrons. The number of aliphatic hydroxyl groups excluding tert-OH is 1. The number of piperidine rings is 1. The van der Waals surface area contributed by atoms with Gasteiger partial charge in [0.1, 0.15) is 11.6 Å². The molecule has 1 aliphatic carbocycles. The van der Waals surface area contributed by atoms with E-state index in [1.165, 1.54) is 0 Å². The Morgan fingerprint density at radius 1 is 1.35 bits per heavy atom. The molecule has 0 amide bonds. The first-order valence-electron chi connectivity index (χ1n) is 8.75. The summed E-state index contributed by atoms with van der Waals surface area (Å²) in [6.07, 6.45) is 4.59. The van der Waals surface area contributed by atoms with Gasteiger partial charge in [-0.05, 0) is 25.8 Å². The zero-order chi connectivity index (χ0) is 16.7. The van der Waals surface area contributed by atoms with E-state index in [4.69, 9.17) is 9.72 Å². The van der Waals surface area contributed by atoms with Gasteiger partial charge in [-0.1, -0.05) is 20.8 Å². The Morgan fingerprint density at radius 3 is 2.61 bits per heavy atom. The van der Waals surface area contributed by atoms with Gasteiger partial charge in [-0.25, -0.2) is 9.97 Å². The highest BCUT2D eigenvalue weighted by Crippen LogP contribution is 2.51. The van der Waals surface area contributed by atoms with Gasteiger partial charge in [0.05, 0.1) is 12.2 Å². The van der Waals surface area contributed by atoms with E-state index in [1.54, 1.807) is 0 Å². The lowest BCUT2D eigenvalue weighted by Crippen LogP contribution is -2.62. The molecule has 0 aromatic carbocycles. The van der Waals surface area contributed by atoms with Gasteiger partial charge >= 0.3 is 0 Å². The van der Waals surface area contributed by atoms with Crippen molar-refractivity contribution in [1.82, 2.24) is 9.97 Å². The molecule has 1 aromatic heterocycles. The summed E-state index contributed by atoms with van der Waals surface area (Å²) in [7, 11) is 0. The summed E-state index contributed by atoms with van der Waals surface area (Å²) in [5.41, 5.74) is -0.0797. The van der Waals surface area contributed by atoms with E-state index in [-0.39, 0.29) is 23.0 Å². The molecule has 2 aliphatic rings. The summed E-state index contributed by atoms with van der Waals surface area (Å²) in [5.74, 6) is 1.88. The van der Waals surface area contributed by atoms with Crippen molar-refractivity contribution in [2.45, 2.75) is 64.6 Å². The van der Waals surface area contributed by atoms with Crippen molar-refractivity contribution >= 4 is 5.82 Å². The van der Waals surface area contributed by atoms with Crippen LogP contribution in [0.4, 0.5) is 5.82 Å². The van der Waals surface area contributed by atoms with E-state index in [2.05, 4.69) is 30.7 Å². The largest absolute Gasteiger partial charge is 0.392 e. The van der Waals surface area contributed by atoms with Crippen LogP contribution in [-0.2, 0) is 10.2 Å². The van der Waals surface area contributed by atoms with Crippen LogP contribution in [0, 0.1) is 5.41 Å². The Labute approximate surface area is 139 Å². The van der Waals surface area contributed by atoms with Gasteiger partial charge in [-0.3, -0.25) is 0 Å². The van der Waals surface area contributed by atoms with E-state index in [1.807, 2.05) is 19.2 Å². The fraction of sp³-hybridized carbons (Fsp3) is 0.778. The highest BCUT2D eigenvalue weighted by molar-refractivity contribution is 5.39. The minimum Gasteiger partial charge on any atom is -0.392 e. The monoisotopic (exact) mass is 319 g/mol. The maximum Gasteiger partial charge on any atom is 0.135 e. The Hall–Kier alpha value is -1.20. The van der Waals surface area contributed by atoms with Crippen molar-refractivity contribution in [3.05, 3.63) is 18.1 Å². The van der Waals surface area contributed by atoms with E-state index < -0.39 is 0 Å². The first-order chi connectivity index (χ1) is 10.9. The molecule has 23 heavy (non-hydrogen) atoms. The van der Waals surface area contributed by atoms with Crippen molar-refractivity contribution < 1.29 is 9.84 Å². The van der Waals surface area contributed by atoms with E-state index in [0.717, 1.165) is 50.6 Å². The second-order valence-electron chi connectivity index (χ2n) is 7.90. The minimum atomic E-state index is -0.211. The zero-order valence-electron chi connectivity index (χ0n) is 14.7. The van der Waals surface area contributed by atoms with Crippen LogP contribution < -0.4 is 4.90 Å². The number of aromatic nitrogens is 2. The Morgan fingerprint density at radius 2 is 2.04 bits per heavy atom. The Bertz CT molecular complexity index is 545. The normalized spacial score (nSPS) is 27.1. The lowest BCUT2D eigenvalue weighted by Gasteiger charge is -2.56. The molecule has 1 spiro atoms. The van der Waals surface area contributed by atoms with Gasteiger partial charge in [-0.15, -0.1) is 0 Å². The number of rotatable bonds is 3.